The maximum Gasteiger partial charge on any atom is 0.119 e. The Morgan fingerprint density at radius 2 is 1.80 bits per heavy atom. The molecule has 1 aromatic rings. The molecule has 0 unspecified atom stereocenters. The van der Waals surface area contributed by atoms with E-state index in [-0.39, 0.29) is 17.0 Å². The van der Waals surface area contributed by atoms with Gasteiger partial charge in [-0.3, -0.25) is 0 Å². The van der Waals surface area contributed by atoms with Crippen LogP contribution in [0.4, 0.5) is 5.69 Å². The fourth-order valence-corrected chi connectivity index (χ4v) is 2.24. The van der Waals surface area contributed by atoms with Crippen molar-refractivity contribution >= 4 is 22.7 Å². The molecule has 1 aromatic carbocycles. The molecule has 20 heavy (non-hydrogen) atoms. The van der Waals surface area contributed by atoms with Crippen LogP contribution in [0.15, 0.2) is 36.7 Å². The summed E-state index contributed by atoms with van der Waals surface area (Å²) in [6.07, 6.45) is 8.21. The average Bonchev–Trinajstić information content (AvgIpc) is 2.89. The second-order valence-electron chi connectivity index (χ2n) is 4.86. The van der Waals surface area contributed by atoms with Gasteiger partial charge in [-0.25, -0.2) is 0 Å². The standard InChI is InChI=1S/C16H24N2O.BrH/c1-3-5-6-11-17-12-13-18(14-17)15-7-9-16(10-8-15)19-4-2;/h7-10,12-13H,3-6,11,14H2,1-2H3;1H. The first-order valence-electron chi connectivity index (χ1n) is 7.25. The lowest BCUT2D eigenvalue weighted by molar-refractivity contribution is 0.340. The Hall–Kier alpha value is -1.16. The molecule has 0 atom stereocenters. The van der Waals surface area contributed by atoms with Gasteiger partial charge in [-0.05, 0) is 37.6 Å². The van der Waals surface area contributed by atoms with E-state index in [0.717, 1.165) is 19.0 Å². The molecule has 112 valence electrons. The SMILES string of the molecule is Br.CCCCCN1C=CN(c2ccc(OCC)cc2)C1. The lowest BCUT2D eigenvalue weighted by Crippen LogP contribution is -2.25. The first-order chi connectivity index (χ1) is 9.33. The second-order valence-corrected chi connectivity index (χ2v) is 4.86. The minimum Gasteiger partial charge on any atom is -0.494 e. The summed E-state index contributed by atoms with van der Waals surface area (Å²) in [5.74, 6) is 0.939. The van der Waals surface area contributed by atoms with Crippen molar-refractivity contribution in [3.63, 3.8) is 0 Å². The quantitative estimate of drug-likeness (QED) is 0.684. The normalized spacial score (nSPS) is 13.5. The lowest BCUT2D eigenvalue weighted by atomic mass is 10.2. The molecule has 0 aromatic heterocycles. The third kappa shape index (κ3) is 4.75. The number of rotatable bonds is 7. The molecule has 0 saturated carbocycles. The molecule has 0 N–H and O–H groups in total. The van der Waals surface area contributed by atoms with Crippen molar-refractivity contribution in [3.05, 3.63) is 36.7 Å². The minimum absolute atomic E-state index is 0. The Labute approximate surface area is 133 Å². The Morgan fingerprint density at radius 1 is 1.05 bits per heavy atom. The number of hydrogen-bond donors (Lipinski definition) is 0. The zero-order chi connectivity index (χ0) is 13.5. The van der Waals surface area contributed by atoms with Crippen molar-refractivity contribution in [2.75, 3.05) is 24.7 Å². The molecule has 0 bridgehead atoms. The molecule has 0 saturated heterocycles. The van der Waals surface area contributed by atoms with Crippen LogP contribution in [0.2, 0.25) is 0 Å². The molecule has 0 aliphatic carbocycles. The van der Waals surface area contributed by atoms with E-state index in [1.165, 1.54) is 24.9 Å². The summed E-state index contributed by atoms with van der Waals surface area (Å²) < 4.78 is 5.46. The molecule has 0 radical (unpaired) electrons. The van der Waals surface area contributed by atoms with Crippen molar-refractivity contribution in [1.82, 2.24) is 4.90 Å². The highest BCUT2D eigenvalue weighted by molar-refractivity contribution is 8.93. The van der Waals surface area contributed by atoms with Crippen LogP contribution in [-0.2, 0) is 0 Å². The number of halogens is 1. The lowest BCUT2D eigenvalue weighted by Gasteiger charge is -2.21. The van der Waals surface area contributed by atoms with Gasteiger partial charge in [0.25, 0.3) is 0 Å². The van der Waals surface area contributed by atoms with Gasteiger partial charge in [-0.1, -0.05) is 19.8 Å². The van der Waals surface area contributed by atoms with Gasteiger partial charge in [0.05, 0.1) is 13.3 Å². The van der Waals surface area contributed by atoms with Gasteiger partial charge in [-0.2, -0.15) is 0 Å². The summed E-state index contributed by atoms with van der Waals surface area (Å²) in [4.78, 5) is 4.63. The van der Waals surface area contributed by atoms with Crippen LogP contribution >= 0.6 is 17.0 Å². The maximum absolute atomic E-state index is 5.46. The number of nitrogens with zero attached hydrogens (tertiary/aromatic N) is 2. The monoisotopic (exact) mass is 340 g/mol. The van der Waals surface area contributed by atoms with E-state index in [0.29, 0.717) is 6.61 Å². The van der Waals surface area contributed by atoms with Crippen LogP contribution in [0.5, 0.6) is 5.75 Å². The van der Waals surface area contributed by atoms with Gasteiger partial charge in [0.1, 0.15) is 5.75 Å². The fourth-order valence-electron chi connectivity index (χ4n) is 2.24. The second kappa shape index (κ2) is 8.90. The molecular formula is C16H25BrN2O. The van der Waals surface area contributed by atoms with Crippen molar-refractivity contribution in [3.8, 4) is 5.75 Å². The summed E-state index contributed by atoms with van der Waals surface area (Å²) in [5, 5.41) is 0. The summed E-state index contributed by atoms with van der Waals surface area (Å²) in [6.45, 7) is 7.07. The van der Waals surface area contributed by atoms with Gasteiger partial charge in [0, 0.05) is 24.6 Å². The summed E-state index contributed by atoms with van der Waals surface area (Å²) >= 11 is 0. The largest absolute Gasteiger partial charge is 0.494 e. The number of unbranched alkanes of at least 4 members (excludes halogenated alkanes) is 2. The molecule has 2 rings (SSSR count). The number of ether oxygens (including phenoxy) is 1. The topological polar surface area (TPSA) is 15.7 Å². The first kappa shape index (κ1) is 16.9. The summed E-state index contributed by atoms with van der Waals surface area (Å²) in [5.41, 5.74) is 1.22. The smallest absolute Gasteiger partial charge is 0.119 e. The third-order valence-electron chi connectivity index (χ3n) is 3.32. The van der Waals surface area contributed by atoms with E-state index >= 15 is 0 Å². The van der Waals surface area contributed by atoms with Crippen LogP contribution in [0.25, 0.3) is 0 Å². The predicted molar refractivity (Wildman–Crippen MR) is 90.7 cm³/mol. The molecule has 0 fully saturated rings. The highest BCUT2D eigenvalue weighted by Gasteiger charge is 2.13. The van der Waals surface area contributed by atoms with Gasteiger partial charge in [-0.15, -0.1) is 17.0 Å². The molecule has 0 amide bonds. The van der Waals surface area contributed by atoms with E-state index in [9.17, 15) is 0 Å². The molecular weight excluding hydrogens is 316 g/mol. The van der Waals surface area contributed by atoms with Crippen molar-refractivity contribution in [1.29, 1.82) is 0 Å². The zero-order valence-corrected chi connectivity index (χ0v) is 14.1. The predicted octanol–water partition coefficient (Wildman–Crippen LogP) is 4.40. The third-order valence-corrected chi connectivity index (χ3v) is 3.32. The van der Waals surface area contributed by atoms with Crippen LogP contribution in [0.3, 0.4) is 0 Å². The van der Waals surface area contributed by atoms with Crippen LogP contribution < -0.4 is 9.64 Å². The van der Waals surface area contributed by atoms with E-state index in [2.05, 4.69) is 41.3 Å². The van der Waals surface area contributed by atoms with Crippen molar-refractivity contribution in [2.45, 2.75) is 33.1 Å². The van der Waals surface area contributed by atoms with Gasteiger partial charge in [0.2, 0.25) is 0 Å². The molecule has 1 aliphatic rings. The summed E-state index contributed by atoms with van der Waals surface area (Å²) in [7, 11) is 0. The van der Waals surface area contributed by atoms with Crippen LogP contribution in [-0.4, -0.2) is 24.7 Å². The number of anilines is 1. The highest BCUT2D eigenvalue weighted by Crippen LogP contribution is 2.22. The fraction of sp³-hybridized carbons (Fsp3) is 0.500. The van der Waals surface area contributed by atoms with E-state index in [1.807, 2.05) is 19.1 Å². The van der Waals surface area contributed by atoms with Crippen molar-refractivity contribution in [2.24, 2.45) is 0 Å². The van der Waals surface area contributed by atoms with E-state index < -0.39 is 0 Å². The average molecular weight is 341 g/mol. The number of hydrogen-bond acceptors (Lipinski definition) is 3. The van der Waals surface area contributed by atoms with Gasteiger partial charge >= 0.3 is 0 Å². The highest BCUT2D eigenvalue weighted by atomic mass is 79.9. The van der Waals surface area contributed by atoms with Crippen molar-refractivity contribution < 1.29 is 4.74 Å². The van der Waals surface area contributed by atoms with Gasteiger partial charge < -0.3 is 14.5 Å². The summed E-state index contributed by atoms with van der Waals surface area (Å²) in [6, 6.07) is 8.30. The van der Waals surface area contributed by atoms with Crippen LogP contribution in [0, 0.1) is 0 Å². The Kier molecular flexibility index (Phi) is 7.52. The van der Waals surface area contributed by atoms with Crippen LogP contribution in [0.1, 0.15) is 33.1 Å². The van der Waals surface area contributed by atoms with E-state index in [1.54, 1.807) is 0 Å². The Balaban J connectivity index is 0.00000200. The first-order valence-corrected chi connectivity index (χ1v) is 7.25. The van der Waals surface area contributed by atoms with E-state index in [4.69, 9.17) is 4.74 Å². The molecule has 1 heterocycles. The molecule has 4 heteroatoms. The Morgan fingerprint density at radius 3 is 2.45 bits per heavy atom. The zero-order valence-electron chi connectivity index (χ0n) is 12.4. The molecule has 0 spiro atoms. The van der Waals surface area contributed by atoms with Gasteiger partial charge in [0.15, 0.2) is 0 Å². The molecule has 1 aliphatic heterocycles. The number of benzene rings is 1. The molecule has 3 nitrogen and oxygen atoms in total. The maximum atomic E-state index is 5.46. The minimum atomic E-state index is 0. The Bertz CT molecular complexity index is 405.